The molecule has 2 amide bonds. The first-order valence-electron chi connectivity index (χ1n) is 7.59. The van der Waals surface area contributed by atoms with Crippen LogP contribution in [0, 0.1) is 0 Å². The van der Waals surface area contributed by atoms with Crippen LogP contribution in [0.25, 0.3) is 0 Å². The minimum absolute atomic E-state index is 0.0194. The van der Waals surface area contributed by atoms with Gasteiger partial charge in [0, 0.05) is 25.0 Å². The summed E-state index contributed by atoms with van der Waals surface area (Å²) in [6.07, 6.45) is 6.95. The Morgan fingerprint density at radius 3 is 2.74 bits per heavy atom. The van der Waals surface area contributed by atoms with Crippen molar-refractivity contribution in [2.75, 3.05) is 13.1 Å². The highest BCUT2D eigenvalue weighted by Gasteiger charge is 2.38. The third kappa shape index (κ3) is 2.61. The number of likely N-dealkylation sites (tertiary alicyclic amines) is 1. The quantitative estimate of drug-likeness (QED) is 0.759. The Balaban J connectivity index is 1.68. The summed E-state index contributed by atoms with van der Waals surface area (Å²) in [6, 6.07) is 0.525. The highest BCUT2D eigenvalue weighted by atomic mass is 16.2. The van der Waals surface area contributed by atoms with Gasteiger partial charge in [0.2, 0.25) is 11.8 Å². The van der Waals surface area contributed by atoms with E-state index in [1.54, 1.807) is 0 Å². The first-order chi connectivity index (χ1) is 9.25. The molecule has 106 valence electrons. The predicted octanol–water partition coefficient (Wildman–Crippen LogP) is 0.398. The highest BCUT2D eigenvalue weighted by molar-refractivity contribution is 5.91. The van der Waals surface area contributed by atoms with E-state index in [2.05, 4.69) is 10.6 Å². The molecule has 5 heteroatoms. The molecule has 3 aliphatic heterocycles. The lowest BCUT2D eigenvalue weighted by Crippen LogP contribution is -2.56. The number of amides is 2. The third-order valence-electron chi connectivity index (χ3n) is 4.69. The van der Waals surface area contributed by atoms with Crippen molar-refractivity contribution in [2.45, 2.75) is 63.1 Å². The molecule has 0 saturated carbocycles. The molecule has 5 nitrogen and oxygen atoms in total. The van der Waals surface area contributed by atoms with Crippen molar-refractivity contribution in [2.24, 2.45) is 0 Å². The summed E-state index contributed by atoms with van der Waals surface area (Å²) < 4.78 is 0. The van der Waals surface area contributed by atoms with Gasteiger partial charge in [-0.1, -0.05) is 0 Å². The van der Waals surface area contributed by atoms with Crippen LogP contribution in [0.4, 0.5) is 0 Å². The minimum Gasteiger partial charge on any atom is -0.344 e. The van der Waals surface area contributed by atoms with E-state index in [1.165, 1.54) is 19.3 Å². The molecular weight excluding hydrogens is 242 g/mol. The zero-order valence-corrected chi connectivity index (χ0v) is 11.4. The molecule has 0 aromatic carbocycles. The SMILES string of the molecule is O=C1CC[C@@H](C(=O)N2CCCCC2C2CCCN2)N1. The Bertz CT molecular complexity index is 366. The van der Waals surface area contributed by atoms with Gasteiger partial charge in [-0.15, -0.1) is 0 Å². The van der Waals surface area contributed by atoms with Crippen LogP contribution >= 0.6 is 0 Å². The van der Waals surface area contributed by atoms with Crippen molar-refractivity contribution in [1.82, 2.24) is 15.5 Å². The molecular formula is C14H23N3O2. The summed E-state index contributed by atoms with van der Waals surface area (Å²) in [7, 11) is 0. The Morgan fingerprint density at radius 1 is 1.16 bits per heavy atom. The van der Waals surface area contributed by atoms with Gasteiger partial charge in [-0.25, -0.2) is 0 Å². The van der Waals surface area contributed by atoms with E-state index in [-0.39, 0.29) is 17.9 Å². The molecule has 3 heterocycles. The third-order valence-corrected chi connectivity index (χ3v) is 4.69. The first kappa shape index (κ1) is 12.9. The van der Waals surface area contributed by atoms with Crippen molar-refractivity contribution < 1.29 is 9.59 Å². The van der Waals surface area contributed by atoms with Crippen LogP contribution in [0.5, 0.6) is 0 Å². The number of rotatable bonds is 2. The molecule has 3 rings (SSSR count). The van der Waals surface area contributed by atoms with Crippen molar-refractivity contribution in [3.63, 3.8) is 0 Å². The molecule has 2 unspecified atom stereocenters. The van der Waals surface area contributed by atoms with Crippen LogP contribution in [-0.2, 0) is 9.59 Å². The second kappa shape index (κ2) is 5.49. The maximum absolute atomic E-state index is 12.6. The standard InChI is InChI=1S/C14H23N3O2/c18-13-7-6-11(16-13)14(19)17-9-2-1-5-12(17)10-4-3-8-15-10/h10-12,15H,1-9H2,(H,16,18)/t10?,11-,12?/m0/s1. The van der Waals surface area contributed by atoms with E-state index >= 15 is 0 Å². The number of hydrogen-bond donors (Lipinski definition) is 2. The van der Waals surface area contributed by atoms with Gasteiger partial charge in [0.25, 0.3) is 0 Å². The van der Waals surface area contributed by atoms with Crippen molar-refractivity contribution in [3.05, 3.63) is 0 Å². The molecule has 2 N–H and O–H groups in total. The van der Waals surface area contributed by atoms with E-state index in [1.807, 2.05) is 4.90 Å². The second-order valence-corrected chi connectivity index (χ2v) is 5.96. The lowest BCUT2D eigenvalue weighted by molar-refractivity contribution is -0.138. The predicted molar refractivity (Wildman–Crippen MR) is 71.5 cm³/mol. The van der Waals surface area contributed by atoms with Crippen LogP contribution in [-0.4, -0.2) is 47.9 Å². The smallest absolute Gasteiger partial charge is 0.245 e. The number of nitrogens with one attached hydrogen (secondary N) is 2. The van der Waals surface area contributed by atoms with Gasteiger partial charge in [-0.2, -0.15) is 0 Å². The number of carbonyl (C=O) groups excluding carboxylic acids is 2. The zero-order chi connectivity index (χ0) is 13.2. The van der Waals surface area contributed by atoms with Crippen molar-refractivity contribution in [3.8, 4) is 0 Å². The summed E-state index contributed by atoms with van der Waals surface area (Å²) in [6.45, 7) is 1.93. The molecule has 3 fully saturated rings. The topological polar surface area (TPSA) is 61.4 Å². The molecule has 0 aromatic rings. The summed E-state index contributed by atoms with van der Waals surface area (Å²) >= 11 is 0. The number of hydrogen-bond acceptors (Lipinski definition) is 3. The van der Waals surface area contributed by atoms with Crippen LogP contribution in [0.1, 0.15) is 44.9 Å². The molecule has 0 bridgehead atoms. The molecule has 3 saturated heterocycles. The van der Waals surface area contributed by atoms with Crippen LogP contribution in [0.3, 0.4) is 0 Å². The summed E-state index contributed by atoms with van der Waals surface area (Å²) in [5, 5.41) is 6.34. The fourth-order valence-electron chi connectivity index (χ4n) is 3.69. The van der Waals surface area contributed by atoms with E-state index in [9.17, 15) is 9.59 Å². The molecule has 0 spiro atoms. The number of nitrogens with zero attached hydrogens (tertiary/aromatic N) is 1. The Morgan fingerprint density at radius 2 is 2.05 bits per heavy atom. The largest absolute Gasteiger partial charge is 0.344 e. The van der Waals surface area contributed by atoms with Gasteiger partial charge in [0.1, 0.15) is 6.04 Å². The maximum atomic E-state index is 12.6. The zero-order valence-electron chi connectivity index (χ0n) is 11.4. The first-order valence-corrected chi connectivity index (χ1v) is 7.59. The Hall–Kier alpha value is -1.10. The second-order valence-electron chi connectivity index (χ2n) is 5.96. The van der Waals surface area contributed by atoms with E-state index in [0.717, 1.165) is 25.9 Å². The van der Waals surface area contributed by atoms with Crippen molar-refractivity contribution >= 4 is 11.8 Å². The van der Waals surface area contributed by atoms with Crippen molar-refractivity contribution in [1.29, 1.82) is 0 Å². The average molecular weight is 265 g/mol. The van der Waals surface area contributed by atoms with Crippen LogP contribution < -0.4 is 10.6 Å². The highest BCUT2D eigenvalue weighted by Crippen LogP contribution is 2.26. The molecule has 0 aliphatic carbocycles. The molecule has 0 radical (unpaired) electrons. The minimum atomic E-state index is -0.269. The van der Waals surface area contributed by atoms with Crippen LogP contribution in [0.15, 0.2) is 0 Å². The number of piperidine rings is 1. The number of carbonyl (C=O) groups is 2. The van der Waals surface area contributed by atoms with Gasteiger partial charge in [0.15, 0.2) is 0 Å². The lowest BCUT2D eigenvalue weighted by atomic mass is 9.93. The Kier molecular flexibility index (Phi) is 3.73. The van der Waals surface area contributed by atoms with Gasteiger partial charge in [0.05, 0.1) is 0 Å². The van der Waals surface area contributed by atoms with Gasteiger partial charge >= 0.3 is 0 Å². The summed E-state index contributed by atoms with van der Waals surface area (Å²) in [5.74, 6) is 0.162. The monoisotopic (exact) mass is 265 g/mol. The summed E-state index contributed by atoms with van der Waals surface area (Å²) in [4.78, 5) is 25.9. The van der Waals surface area contributed by atoms with Crippen LogP contribution in [0.2, 0.25) is 0 Å². The summed E-state index contributed by atoms with van der Waals surface area (Å²) in [5.41, 5.74) is 0. The van der Waals surface area contributed by atoms with Gasteiger partial charge in [-0.05, 0) is 45.1 Å². The fourth-order valence-corrected chi connectivity index (χ4v) is 3.69. The maximum Gasteiger partial charge on any atom is 0.245 e. The van der Waals surface area contributed by atoms with E-state index in [4.69, 9.17) is 0 Å². The Labute approximate surface area is 114 Å². The molecule has 3 aliphatic rings. The van der Waals surface area contributed by atoms with Gasteiger partial charge in [-0.3, -0.25) is 9.59 Å². The fraction of sp³-hybridized carbons (Fsp3) is 0.857. The molecule has 0 aromatic heterocycles. The average Bonchev–Trinajstić information content (AvgIpc) is 3.09. The molecule has 19 heavy (non-hydrogen) atoms. The van der Waals surface area contributed by atoms with Gasteiger partial charge < -0.3 is 15.5 Å². The lowest BCUT2D eigenvalue weighted by Gasteiger charge is -2.40. The van der Waals surface area contributed by atoms with E-state index < -0.39 is 0 Å². The molecule has 3 atom stereocenters. The van der Waals surface area contributed by atoms with E-state index in [0.29, 0.717) is 24.9 Å². The normalized spacial score (nSPS) is 35.5.